The number of ether oxygens (including phenoxy) is 2. The molecule has 148 valence electrons. The van der Waals surface area contributed by atoms with Crippen LogP contribution in [0.1, 0.15) is 30.5 Å². The van der Waals surface area contributed by atoms with Gasteiger partial charge in [0.05, 0.1) is 17.3 Å². The second kappa shape index (κ2) is 8.76. The molecule has 0 amide bonds. The van der Waals surface area contributed by atoms with Crippen LogP contribution in [0.5, 0.6) is 5.75 Å². The summed E-state index contributed by atoms with van der Waals surface area (Å²) in [5.74, 6) is 0.193. The standard InChI is InChI=1S/C21H22Cl2N2O3/c1-4-27-21(26)14(2)28-16-11-9-15(10-12-16)24(3)25-13-19(22)17-7-5-6-8-18(17)20(25)23/h5-14,20H,4H2,1-3H3. The first-order valence-corrected chi connectivity index (χ1v) is 9.79. The maximum atomic E-state index is 11.7. The Bertz CT molecular complexity index is 870. The third kappa shape index (κ3) is 4.21. The highest BCUT2D eigenvalue weighted by molar-refractivity contribution is 6.49. The normalized spacial score (nSPS) is 16.7. The van der Waals surface area contributed by atoms with Gasteiger partial charge >= 0.3 is 5.97 Å². The highest BCUT2D eigenvalue weighted by Gasteiger charge is 2.27. The number of anilines is 1. The van der Waals surface area contributed by atoms with Gasteiger partial charge in [0.2, 0.25) is 0 Å². The molecule has 28 heavy (non-hydrogen) atoms. The van der Waals surface area contributed by atoms with Crippen LogP contribution < -0.4 is 9.75 Å². The number of carbonyl (C=O) groups excluding carboxylic acids is 1. The van der Waals surface area contributed by atoms with E-state index in [0.29, 0.717) is 17.4 Å². The topological polar surface area (TPSA) is 42.0 Å². The number of hydrogen-bond donors (Lipinski definition) is 0. The van der Waals surface area contributed by atoms with E-state index in [1.807, 2.05) is 59.7 Å². The molecule has 5 nitrogen and oxygen atoms in total. The first kappa shape index (κ1) is 20.4. The highest BCUT2D eigenvalue weighted by Crippen LogP contribution is 2.40. The van der Waals surface area contributed by atoms with E-state index in [0.717, 1.165) is 16.8 Å². The molecule has 2 unspecified atom stereocenters. The quantitative estimate of drug-likeness (QED) is 0.366. The van der Waals surface area contributed by atoms with Gasteiger partial charge in [-0.05, 0) is 38.1 Å². The lowest BCUT2D eigenvalue weighted by Gasteiger charge is -2.39. The summed E-state index contributed by atoms with van der Waals surface area (Å²) in [6, 6.07) is 15.2. The molecule has 2 aromatic carbocycles. The summed E-state index contributed by atoms with van der Waals surface area (Å²) in [6.07, 6.45) is 1.14. The Morgan fingerprint density at radius 3 is 2.57 bits per heavy atom. The van der Waals surface area contributed by atoms with Crippen LogP contribution in [-0.2, 0) is 9.53 Å². The van der Waals surface area contributed by atoms with E-state index < -0.39 is 6.10 Å². The van der Waals surface area contributed by atoms with Crippen LogP contribution in [0.4, 0.5) is 5.69 Å². The number of halogens is 2. The van der Waals surface area contributed by atoms with Crippen LogP contribution in [0.3, 0.4) is 0 Å². The van der Waals surface area contributed by atoms with Crippen molar-refractivity contribution in [3.8, 4) is 5.75 Å². The summed E-state index contributed by atoms with van der Waals surface area (Å²) in [5.41, 5.74) is 2.39. The zero-order chi connectivity index (χ0) is 20.3. The van der Waals surface area contributed by atoms with Gasteiger partial charge in [-0.2, -0.15) is 0 Å². The van der Waals surface area contributed by atoms with E-state index in [1.54, 1.807) is 26.0 Å². The molecule has 7 heteroatoms. The molecule has 1 aliphatic rings. The molecule has 0 fully saturated rings. The Balaban J connectivity index is 1.74. The largest absolute Gasteiger partial charge is 0.479 e. The summed E-state index contributed by atoms with van der Waals surface area (Å²) in [7, 11) is 1.90. The average molecular weight is 421 g/mol. The highest BCUT2D eigenvalue weighted by atomic mass is 35.5. The van der Waals surface area contributed by atoms with Gasteiger partial charge in [-0.3, -0.25) is 10.0 Å². The zero-order valence-corrected chi connectivity index (χ0v) is 17.4. The molecule has 2 atom stereocenters. The summed E-state index contributed by atoms with van der Waals surface area (Å²) in [4.78, 5) is 11.7. The van der Waals surface area contributed by atoms with E-state index >= 15 is 0 Å². The van der Waals surface area contributed by atoms with Gasteiger partial charge in [0, 0.05) is 24.4 Å². The van der Waals surface area contributed by atoms with Crippen LogP contribution in [-0.4, -0.2) is 30.7 Å². The van der Waals surface area contributed by atoms with Gasteiger partial charge < -0.3 is 9.47 Å². The number of esters is 1. The maximum Gasteiger partial charge on any atom is 0.347 e. The fourth-order valence-electron chi connectivity index (χ4n) is 2.94. The second-order valence-electron chi connectivity index (χ2n) is 6.31. The van der Waals surface area contributed by atoms with Crippen molar-refractivity contribution in [3.05, 3.63) is 65.9 Å². The van der Waals surface area contributed by atoms with E-state index in [1.165, 1.54) is 0 Å². The van der Waals surface area contributed by atoms with Crippen molar-refractivity contribution in [1.82, 2.24) is 5.01 Å². The molecular weight excluding hydrogens is 399 g/mol. The minimum atomic E-state index is -0.670. The van der Waals surface area contributed by atoms with Crippen molar-refractivity contribution in [2.75, 3.05) is 18.7 Å². The number of alkyl halides is 1. The first-order valence-electron chi connectivity index (χ1n) is 8.98. The van der Waals surface area contributed by atoms with Crippen molar-refractivity contribution in [2.45, 2.75) is 25.5 Å². The van der Waals surface area contributed by atoms with Gasteiger partial charge in [0.25, 0.3) is 0 Å². The minimum Gasteiger partial charge on any atom is -0.479 e. The van der Waals surface area contributed by atoms with Crippen LogP contribution in [0, 0.1) is 0 Å². The van der Waals surface area contributed by atoms with Crippen molar-refractivity contribution in [1.29, 1.82) is 0 Å². The van der Waals surface area contributed by atoms with Gasteiger partial charge in [-0.15, -0.1) is 0 Å². The van der Waals surface area contributed by atoms with Crippen LogP contribution in [0.2, 0.25) is 0 Å². The SMILES string of the molecule is CCOC(=O)C(C)Oc1ccc(N(C)N2C=C(Cl)c3ccccc3C2Cl)cc1. The molecule has 0 radical (unpaired) electrons. The lowest BCUT2D eigenvalue weighted by Crippen LogP contribution is -2.38. The van der Waals surface area contributed by atoms with Crippen LogP contribution in [0.15, 0.2) is 54.7 Å². The first-order chi connectivity index (χ1) is 13.4. The summed E-state index contributed by atoms with van der Waals surface area (Å²) < 4.78 is 10.6. The third-order valence-corrected chi connectivity index (χ3v) is 5.18. The fourth-order valence-corrected chi connectivity index (χ4v) is 3.59. The third-order valence-electron chi connectivity index (χ3n) is 4.44. The molecule has 3 rings (SSSR count). The average Bonchev–Trinajstić information content (AvgIpc) is 2.71. The van der Waals surface area contributed by atoms with Crippen molar-refractivity contribution >= 4 is 39.9 Å². The zero-order valence-electron chi connectivity index (χ0n) is 15.9. The van der Waals surface area contributed by atoms with Gasteiger partial charge in [-0.1, -0.05) is 47.5 Å². The molecule has 0 bridgehead atoms. The van der Waals surface area contributed by atoms with Crippen molar-refractivity contribution in [3.63, 3.8) is 0 Å². The Kier molecular flexibility index (Phi) is 6.37. The number of benzene rings is 2. The monoisotopic (exact) mass is 420 g/mol. The smallest absolute Gasteiger partial charge is 0.347 e. The Morgan fingerprint density at radius 2 is 1.89 bits per heavy atom. The fraction of sp³-hybridized carbons (Fsp3) is 0.286. The minimum absolute atomic E-state index is 0.324. The molecule has 1 heterocycles. The Morgan fingerprint density at radius 1 is 1.21 bits per heavy atom. The molecule has 0 saturated carbocycles. The predicted octanol–water partition coefficient (Wildman–Crippen LogP) is 5.16. The molecule has 0 saturated heterocycles. The van der Waals surface area contributed by atoms with E-state index in [4.69, 9.17) is 32.7 Å². The number of fused-ring (bicyclic) bond motifs is 1. The van der Waals surface area contributed by atoms with Gasteiger partial charge in [0.15, 0.2) is 6.10 Å². The number of rotatable bonds is 6. The molecule has 0 aromatic heterocycles. The molecule has 0 spiro atoms. The molecule has 1 aliphatic heterocycles. The lowest BCUT2D eigenvalue weighted by molar-refractivity contribution is -0.150. The predicted molar refractivity (Wildman–Crippen MR) is 112 cm³/mol. The Labute approximate surface area is 175 Å². The number of nitrogens with zero attached hydrogens (tertiary/aromatic N) is 2. The van der Waals surface area contributed by atoms with Gasteiger partial charge in [0.1, 0.15) is 11.3 Å². The molecule has 2 aromatic rings. The lowest BCUT2D eigenvalue weighted by atomic mass is 10.0. The molecule has 0 N–H and O–H groups in total. The maximum absolute atomic E-state index is 11.7. The van der Waals surface area contributed by atoms with Gasteiger partial charge in [-0.25, -0.2) is 4.79 Å². The van der Waals surface area contributed by atoms with E-state index in [-0.39, 0.29) is 11.5 Å². The van der Waals surface area contributed by atoms with Crippen molar-refractivity contribution < 1.29 is 14.3 Å². The summed E-state index contributed by atoms with van der Waals surface area (Å²) >= 11 is 13.1. The van der Waals surface area contributed by atoms with Crippen LogP contribution in [0.25, 0.3) is 5.03 Å². The molecule has 0 aliphatic carbocycles. The van der Waals surface area contributed by atoms with Crippen molar-refractivity contribution in [2.24, 2.45) is 0 Å². The number of hydrazine groups is 1. The van der Waals surface area contributed by atoms with Crippen LogP contribution >= 0.6 is 23.2 Å². The van der Waals surface area contributed by atoms with E-state index in [9.17, 15) is 4.79 Å². The number of hydrogen-bond acceptors (Lipinski definition) is 5. The summed E-state index contributed by atoms with van der Waals surface area (Å²) in [6.45, 7) is 3.75. The second-order valence-corrected chi connectivity index (χ2v) is 7.13. The molecular formula is C21H22Cl2N2O3. The summed E-state index contributed by atoms with van der Waals surface area (Å²) in [5, 5.41) is 4.40. The number of carbonyl (C=O) groups is 1. The Hall–Kier alpha value is -2.37. The van der Waals surface area contributed by atoms with E-state index in [2.05, 4.69) is 0 Å².